The van der Waals surface area contributed by atoms with Gasteiger partial charge in [-0.05, 0) is 148 Å². The number of fused-ring (bicyclic) bond motifs is 4. The quantitative estimate of drug-likeness (QED) is 0.358. The molecule has 2 aromatic carbocycles. The van der Waals surface area contributed by atoms with E-state index < -0.39 is 0 Å². The fourth-order valence-corrected chi connectivity index (χ4v) is 7.64. The molecule has 0 unspecified atom stereocenters. The van der Waals surface area contributed by atoms with Crippen LogP contribution in [0.4, 0.5) is 0 Å². The summed E-state index contributed by atoms with van der Waals surface area (Å²) < 4.78 is 0. The zero-order valence-electron chi connectivity index (χ0n) is 24.7. The average molecular weight is 548 g/mol. The van der Waals surface area contributed by atoms with Gasteiger partial charge in [0, 0.05) is 6.54 Å². The van der Waals surface area contributed by atoms with Gasteiger partial charge in [-0.1, -0.05) is 91.6 Å². The molecular weight excluding hydrogens is 506 g/mol. The van der Waals surface area contributed by atoms with Crippen LogP contribution in [-0.2, 0) is 6.42 Å². The van der Waals surface area contributed by atoms with Crippen LogP contribution in [0.3, 0.4) is 0 Å². The average Bonchev–Trinajstić information content (AvgIpc) is 3.06. The lowest BCUT2D eigenvalue weighted by molar-refractivity contribution is 0.832. The number of rotatable bonds is 6. The van der Waals surface area contributed by atoms with E-state index in [1.165, 1.54) is 55.3 Å². The van der Waals surface area contributed by atoms with Crippen molar-refractivity contribution in [2.45, 2.75) is 64.2 Å². The Morgan fingerprint density at radius 1 is 0.762 bits per heavy atom. The van der Waals surface area contributed by atoms with Crippen LogP contribution in [0.2, 0.25) is 0 Å². The first-order valence-corrected chi connectivity index (χ1v) is 15.9. The summed E-state index contributed by atoms with van der Waals surface area (Å²) >= 11 is 0. The molecule has 5 aliphatic rings. The highest BCUT2D eigenvalue weighted by Crippen LogP contribution is 2.47. The smallest absolute Gasteiger partial charge is 0.0110 e. The molecule has 7 rings (SSSR count). The van der Waals surface area contributed by atoms with Gasteiger partial charge in [-0.25, -0.2) is 0 Å². The van der Waals surface area contributed by atoms with Gasteiger partial charge >= 0.3 is 0 Å². The highest BCUT2D eigenvalue weighted by atomic mass is 14.5. The number of allylic oxidation sites excluding steroid dienone is 17. The van der Waals surface area contributed by atoms with Crippen molar-refractivity contribution in [1.29, 1.82) is 0 Å². The van der Waals surface area contributed by atoms with Crippen molar-refractivity contribution in [1.82, 2.24) is 0 Å². The Bertz CT molecular complexity index is 1750. The monoisotopic (exact) mass is 547 g/mol. The van der Waals surface area contributed by atoms with E-state index in [0.717, 1.165) is 69.8 Å². The third kappa shape index (κ3) is 5.01. The second-order valence-corrected chi connectivity index (χ2v) is 12.2. The summed E-state index contributed by atoms with van der Waals surface area (Å²) in [5.41, 5.74) is 23.1. The van der Waals surface area contributed by atoms with Gasteiger partial charge in [0.05, 0.1) is 0 Å². The van der Waals surface area contributed by atoms with Crippen molar-refractivity contribution >= 4 is 22.4 Å². The van der Waals surface area contributed by atoms with Gasteiger partial charge in [-0.15, -0.1) is 0 Å². The van der Waals surface area contributed by atoms with Crippen LogP contribution in [0.25, 0.3) is 22.4 Å². The van der Waals surface area contributed by atoms with E-state index in [0.29, 0.717) is 6.54 Å². The standard InChI is InChI=1S/C41H41N/c1-28(10-9-25-42)31-12-8-13-32(26-31)29-19-21-30(22-20-29)35-23-24-40(38-17-6-4-16-37(35)38)41-27-33-11-2-3-14-34(33)36-15-5-7-18-39(36)41/h2,4-5,7,9-12,15-16,18-19,21,26-27H,1,3,6,8,13-14,17,20,22-25,42H2/b10-9-. The lowest BCUT2D eigenvalue weighted by Gasteiger charge is -2.31. The van der Waals surface area contributed by atoms with E-state index in [4.69, 9.17) is 5.73 Å². The molecule has 0 fully saturated rings. The van der Waals surface area contributed by atoms with Gasteiger partial charge in [0.1, 0.15) is 0 Å². The van der Waals surface area contributed by atoms with Crippen molar-refractivity contribution < 1.29 is 0 Å². The van der Waals surface area contributed by atoms with E-state index >= 15 is 0 Å². The van der Waals surface area contributed by atoms with Gasteiger partial charge in [0.15, 0.2) is 0 Å². The first-order chi connectivity index (χ1) is 20.7. The highest BCUT2D eigenvalue weighted by molar-refractivity contribution is 6.00. The molecule has 0 saturated carbocycles. The third-order valence-electron chi connectivity index (χ3n) is 9.74. The summed E-state index contributed by atoms with van der Waals surface area (Å²) in [6, 6.07) is 11.6. The fraction of sp³-hybridized carbons (Fsp3) is 0.268. The summed E-state index contributed by atoms with van der Waals surface area (Å²) in [6.07, 6.45) is 34.3. The lowest BCUT2D eigenvalue weighted by atomic mass is 9.73. The Balaban J connectivity index is 1.25. The Morgan fingerprint density at radius 3 is 2.40 bits per heavy atom. The summed E-state index contributed by atoms with van der Waals surface area (Å²) in [7, 11) is 0. The van der Waals surface area contributed by atoms with Crippen molar-refractivity contribution in [3.05, 3.63) is 153 Å². The van der Waals surface area contributed by atoms with E-state index in [9.17, 15) is 0 Å². The molecule has 0 atom stereocenters. The zero-order valence-corrected chi connectivity index (χ0v) is 24.7. The van der Waals surface area contributed by atoms with Crippen LogP contribution in [0.1, 0.15) is 74.5 Å². The highest BCUT2D eigenvalue weighted by Gasteiger charge is 2.27. The zero-order chi connectivity index (χ0) is 28.5. The van der Waals surface area contributed by atoms with Crippen LogP contribution in [-0.4, -0.2) is 6.54 Å². The van der Waals surface area contributed by atoms with Crippen molar-refractivity contribution in [3.63, 3.8) is 0 Å². The molecule has 42 heavy (non-hydrogen) atoms. The van der Waals surface area contributed by atoms with Crippen molar-refractivity contribution in [2.75, 3.05) is 6.54 Å². The number of hydrogen-bond donors (Lipinski definition) is 1. The molecule has 0 radical (unpaired) electrons. The van der Waals surface area contributed by atoms with Crippen molar-refractivity contribution in [2.24, 2.45) is 5.73 Å². The summed E-state index contributed by atoms with van der Waals surface area (Å²) in [4.78, 5) is 0. The predicted octanol–water partition coefficient (Wildman–Crippen LogP) is 10.4. The van der Waals surface area contributed by atoms with Crippen LogP contribution in [0.5, 0.6) is 0 Å². The minimum atomic E-state index is 0.550. The Hall–Kier alpha value is -3.94. The normalized spacial score (nSPS) is 20.3. The molecule has 0 heterocycles. The van der Waals surface area contributed by atoms with Gasteiger partial charge in [-0.2, -0.15) is 0 Å². The van der Waals surface area contributed by atoms with E-state index in [1.54, 1.807) is 16.7 Å². The molecule has 2 N–H and O–H groups in total. The summed E-state index contributed by atoms with van der Waals surface area (Å²) in [5, 5.41) is 2.89. The van der Waals surface area contributed by atoms with Gasteiger partial charge in [0.25, 0.3) is 0 Å². The summed E-state index contributed by atoms with van der Waals surface area (Å²) in [5.74, 6) is 0. The van der Waals surface area contributed by atoms with Crippen LogP contribution >= 0.6 is 0 Å². The first-order valence-electron chi connectivity index (χ1n) is 15.9. The second-order valence-electron chi connectivity index (χ2n) is 12.2. The Kier molecular flexibility index (Phi) is 7.53. The third-order valence-corrected chi connectivity index (χ3v) is 9.74. The van der Waals surface area contributed by atoms with Crippen molar-refractivity contribution in [3.8, 4) is 0 Å². The van der Waals surface area contributed by atoms with Crippen LogP contribution < -0.4 is 5.73 Å². The SMILES string of the molecule is C=C(/C=C\CN)C1=CCCC(C2=CC=C(C3=C4C=CCCC4=C(c4cc5c(c6ccccc46)CCC=C5)CC3)CC2)=C1. The lowest BCUT2D eigenvalue weighted by Crippen LogP contribution is -2.11. The molecule has 0 bridgehead atoms. The van der Waals surface area contributed by atoms with E-state index in [1.807, 2.05) is 6.08 Å². The molecule has 2 aromatic rings. The number of benzene rings is 2. The Labute approximate surface area is 251 Å². The van der Waals surface area contributed by atoms with Gasteiger partial charge in [-0.3, -0.25) is 0 Å². The molecular formula is C41H41N. The number of nitrogens with two attached hydrogens (primary N) is 1. The number of hydrogen-bond acceptors (Lipinski definition) is 1. The molecule has 5 aliphatic carbocycles. The maximum absolute atomic E-state index is 5.66. The van der Waals surface area contributed by atoms with E-state index in [-0.39, 0.29) is 0 Å². The summed E-state index contributed by atoms with van der Waals surface area (Å²) in [6.45, 7) is 4.82. The second kappa shape index (κ2) is 11.7. The van der Waals surface area contributed by atoms with Gasteiger partial charge in [0.2, 0.25) is 0 Å². The molecule has 0 aliphatic heterocycles. The number of aryl methyl sites for hydroxylation is 1. The first kappa shape index (κ1) is 26.9. The predicted molar refractivity (Wildman–Crippen MR) is 181 cm³/mol. The minimum Gasteiger partial charge on any atom is -0.327 e. The fourth-order valence-electron chi connectivity index (χ4n) is 7.64. The Morgan fingerprint density at radius 2 is 1.55 bits per heavy atom. The molecule has 0 saturated heterocycles. The largest absolute Gasteiger partial charge is 0.327 e. The minimum absolute atomic E-state index is 0.550. The van der Waals surface area contributed by atoms with Crippen LogP contribution in [0.15, 0.2) is 136 Å². The molecule has 0 aromatic heterocycles. The maximum atomic E-state index is 5.66. The molecule has 1 heteroatoms. The molecule has 0 amide bonds. The molecule has 0 spiro atoms. The maximum Gasteiger partial charge on any atom is 0.0110 e. The van der Waals surface area contributed by atoms with Crippen LogP contribution in [0, 0.1) is 0 Å². The topological polar surface area (TPSA) is 26.0 Å². The molecule has 1 nitrogen and oxygen atoms in total. The van der Waals surface area contributed by atoms with E-state index in [2.05, 4.69) is 91.6 Å². The molecule has 210 valence electrons. The van der Waals surface area contributed by atoms with Gasteiger partial charge < -0.3 is 5.73 Å².